The fraction of sp³-hybridized carbons (Fsp3) is 0. The van der Waals surface area contributed by atoms with Crippen LogP contribution in [0.1, 0.15) is 0 Å². The zero-order valence-corrected chi connectivity index (χ0v) is 10.6. The zero-order chi connectivity index (χ0) is 14.9. The molecular formula is C11H8F3N3O2S. The maximum atomic E-state index is 13.4. The monoisotopic (exact) mass is 303 g/mol. The van der Waals surface area contributed by atoms with E-state index < -0.39 is 38.1 Å². The molecule has 0 aliphatic carbocycles. The first-order valence-corrected chi connectivity index (χ1v) is 6.68. The predicted molar refractivity (Wildman–Crippen MR) is 65.8 cm³/mol. The van der Waals surface area contributed by atoms with Gasteiger partial charge in [0.15, 0.2) is 17.5 Å². The summed E-state index contributed by atoms with van der Waals surface area (Å²) in [7, 11) is -4.26. The van der Waals surface area contributed by atoms with Gasteiger partial charge in [-0.3, -0.25) is 4.72 Å². The lowest BCUT2D eigenvalue weighted by atomic mass is 10.3. The average molecular weight is 303 g/mol. The highest BCUT2D eigenvalue weighted by Crippen LogP contribution is 2.24. The number of nitrogens with zero attached hydrogens (tertiary/aromatic N) is 1. The van der Waals surface area contributed by atoms with Gasteiger partial charge in [0.1, 0.15) is 10.7 Å². The smallest absolute Gasteiger partial charge is 0.265 e. The number of hydrogen-bond acceptors (Lipinski definition) is 4. The van der Waals surface area contributed by atoms with Crippen molar-refractivity contribution in [1.29, 1.82) is 0 Å². The molecule has 106 valence electrons. The molecular weight excluding hydrogens is 295 g/mol. The largest absolute Gasteiger partial charge is 0.383 e. The van der Waals surface area contributed by atoms with Crippen LogP contribution in [0.2, 0.25) is 0 Å². The third kappa shape index (κ3) is 2.52. The Kier molecular flexibility index (Phi) is 3.53. The van der Waals surface area contributed by atoms with Gasteiger partial charge in [-0.1, -0.05) is 0 Å². The summed E-state index contributed by atoms with van der Waals surface area (Å²) in [4.78, 5) is 3.17. The van der Waals surface area contributed by atoms with Crippen molar-refractivity contribution < 1.29 is 21.6 Å². The standard InChI is InChI=1S/C11H8F3N3O2S/c12-6-3-4-7(10(14)9(6)13)17-20(18,19)8-2-1-5-16-11(8)15/h1-5,17H,(H2,15,16). The van der Waals surface area contributed by atoms with Crippen LogP contribution < -0.4 is 10.5 Å². The number of aromatic nitrogens is 1. The van der Waals surface area contributed by atoms with Gasteiger partial charge in [-0.25, -0.2) is 26.6 Å². The minimum atomic E-state index is -4.26. The molecule has 0 aliphatic rings. The van der Waals surface area contributed by atoms with E-state index in [1.54, 1.807) is 4.72 Å². The molecule has 0 atom stereocenters. The van der Waals surface area contributed by atoms with Crippen molar-refractivity contribution in [3.63, 3.8) is 0 Å². The maximum Gasteiger partial charge on any atom is 0.265 e. The van der Waals surface area contributed by atoms with Gasteiger partial charge in [-0.2, -0.15) is 0 Å². The van der Waals surface area contributed by atoms with Crippen LogP contribution >= 0.6 is 0 Å². The van der Waals surface area contributed by atoms with Crippen molar-refractivity contribution in [1.82, 2.24) is 4.98 Å². The third-order valence-corrected chi connectivity index (χ3v) is 3.78. The van der Waals surface area contributed by atoms with Crippen molar-refractivity contribution in [3.8, 4) is 0 Å². The second kappa shape index (κ2) is 5.00. The van der Waals surface area contributed by atoms with E-state index in [2.05, 4.69) is 4.98 Å². The van der Waals surface area contributed by atoms with Gasteiger partial charge in [0.25, 0.3) is 10.0 Å². The second-order valence-electron chi connectivity index (χ2n) is 3.72. The van der Waals surface area contributed by atoms with Crippen LogP contribution in [0, 0.1) is 17.5 Å². The number of nitrogens with two attached hydrogens (primary N) is 1. The first-order valence-electron chi connectivity index (χ1n) is 5.20. The highest BCUT2D eigenvalue weighted by Gasteiger charge is 2.22. The second-order valence-corrected chi connectivity index (χ2v) is 5.37. The topological polar surface area (TPSA) is 85.1 Å². The summed E-state index contributed by atoms with van der Waals surface area (Å²) in [6.07, 6.45) is 1.27. The zero-order valence-electron chi connectivity index (χ0n) is 9.77. The predicted octanol–water partition coefficient (Wildman–Crippen LogP) is 1.88. The fourth-order valence-electron chi connectivity index (χ4n) is 1.43. The third-order valence-electron chi connectivity index (χ3n) is 2.37. The number of nitrogen functional groups attached to an aromatic ring is 1. The summed E-state index contributed by atoms with van der Waals surface area (Å²) >= 11 is 0. The summed E-state index contributed by atoms with van der Waals surface area (Å²) in [5, 5.41) is 0. The Morgan fingerprint density at radius 1 is 1.10 bits per heavy atom. The molecule has 0 bridgehead atoms. The van der Waals surface area contributed by atoms with Crippen LogP contribution in [0.4, 0.5) is 24.7 Å². The van der Waals surface area contributed by atoms with Gasteiger partial charge in [0, 0.05) is 6.20 Å². The van der Waals surface area contributed by atoms with Crippen LogP contribution in [0.25, 0.3) is 0 Å². The molecule has 1 heterocycles. The van der Waals surface area contributed by atoms with E-state index >= 15 is 0 Å². The van der Waals surface area contributed by atoms with Crippen molar-refractivity contribution in [2.24, 2.45) is 0 Å². The number of sulfonamides is 1. The number of benzene rings is 1. The van der Waals surface area contributed by atoms with Gasteiger partial charge in [0.2, 0.25) is 0 Å². The Hall–Kier alpha value is -2.29. The van der Waals surface area contributed by atoms with Crippen LogP contribution in [-0.2, 0) is 10.0 Å². The molecule has 1 aromatic carbocycles. The fourth-order valence-corrected chi connectivity index (χ4v) is 2.58. The lowest BCUT2D eigenvalue weighted by molar-refractivity contribution is 0.449. The number of pyridine rings is 1. The van der Waals surface area contributed by atoms with E-state index in [4.69, 9.17) is 5.73 Å². The molecule has 5 nitrogen and oxygen atoms in total. The van der Waals surface area contributed by atoms with E-state index in [0.717, 1.165) is 12.1 Å². The van der Waals surface area contributed by atoms with Crippen molar-refractivity contribution in [2.45, 2.75) is 4.90 Å². The Morgan fingerprint density at radius 2 is 1.80 bits per heavy atom. The SMILES string of the molecule is Nc1ncccc1S(=O)(=O)Nc1ccc(F)c(F)c1F. The van der Waals surface area contributed by atoms with E-state index in [0.29, 0.717) is 6.07 Å². The molecule has 3 N–H and O–H groups in total. The van der Waals surface area contributed by atoms with Crippen molar-refractivity contribution in [3.05, 3.63) is 47.9 Å². The number of rotatable bonds is 3. The van der Waals surface area contributed by atoms with Crippen LogP contribution in [0.15, 0.2) is 35.4 Å². The van der Waals surface area contributed by atoms with Gasteiger partial charge in [-0.05, 0) is 24.3 Å². The van der Waals surface area contributed by atoms with Crippen LogP contribution in [0.3, 0.4) is 0 Å². The van der Waals surface area contributed by atoms with E-state index in [1.165, 1.54) is 12.3 Å². The number of hydrogen-bond donors (Lipinski definition) is 2. The van der Waals surface area contributed by atoms with Gasteiger partial charge in [-0.15, -0.1) is 0 Å². The van der Waals surface area contributed by atoms with Crippen molar-refractivity contribution in [2.75, 3.05) is 10.5 Å². The maximum absolute atomic E-state index is 13.4. The highest BCUT2D eigenvalue weighted by molar-refractivity contribution is 7.92. The summed E-state index contributed by atoms with van der Waals surface area (Å²) in [5.74, 6) is -5.14. The minimum absolute atomic E-state index is 0.303. The lowest BCUT2D eigenvalue weighted by Gasteiger charge is -2.10. The molecule has 2 aromatic rings. The van der Waals surface area contributed by atoms with Crippen LogP contribution in [0.5, 0.6) is 0 Å². The minimum Gasteiger partial charge on any atom is -0.383 e. The number of anilines is 2. The molecule has 0 amide bonds. The number of nitrogens with one attached hydrogen (secondary N) is 1. The number of halogens is 3. The van der Waals surface area contributed by atoms with Gasteiger partial charge >= 0.3 is 0 Å². The van der Waals surface area contributed by atoms with E-state index in [9.17, 15) is 21.6 Å². The Labute approximate surface area is 112 Å². The summed E-state index contributed by atoms with van der Waals surface area (Å²) in [6.45, 7) is 0. The molecule has 0 radical (unpaired) electrons. The summed E-state index contributed by atoms with van der Waals surface area (Å²) < 4.78 is 64.9. The first-order chi connectivity index (χ1) is 9.33. The van der Waals surface area contributed by atoms with E-state index in [1.807, 2.05) is 0 Å². The average Bonchev–Trinajstić information content (AvgIpc) is 2.40. The normalized spacial score (nSPS) is 11.3. The quantitative estimate of drug-likeness (QED) is 0.848. The van der Waals surface area contributed by atoms with E-state index in [-0.39, 0.29) is 5.82 Å². The Morgan fingerprint density at radius 3 is 2.45 bits per heavy atom. The molecule has 0 fully saturated rings. The Balaban J connectivity index is 2.45. The molecule has 0 aliphatic heterocycles. The lowest BCUT2D eigenvalue weighted by Crippen LogP contribution is -2.16. The summed E-state index contributed by atoms with van der Waals surface area (Å²) in [6, 6.07) is 3.82. The molecule has 0 unspecified atom stereocenters. The molecule has 0 saturated carbocycles. The van der Waals surface area contributed by atoms with Gasteiger partial charge < -0.3 is 5.73 Å². The molecule has 0 spiro atoms. The Bertz CT molecular complexity index is 766. The highest BCUT2D eigenvalue weighted by atomic mass is 32.2. The molecule has 0 saturated heterocycles. The van der Waals surface area contributed by atoms with Crippen LogP contribution in [-0.4, -0.2) is 13.4 Å². The summed E-state index contributed by atoms with van der Waals surface area (Å²) in [5.41, 5.74) is 4.66. The van der Waals surface area contributed by atoms with Gasteiger partial charge in [0.05, 0.1) is 5.69 Å². The van der Waals surface area contributed by atoms with Crippen molar-refractivity contribution >= 4 is 21.5 Å². The first kappa shape index (κ1) is 14.1. The molecule has 2 rings (SSSR count). The molecule has 9 heteroatoms. The molecule has 20 heavy (non-hydrogen) atoms. The molecule has 1 aromatic heterocycles.